The molecule has 29 heavy (non-hydrogen) atoms. The van der Waals surface area contributed by atoms with Gasteiger partial charge in [-0.15, -0.1) is 0 Å². The van der Waals surface area contributed by atoms with Gasteiger partial charge in [-0.1, -0.05) is 30.3 Å². The summed E-state index contributed by atoms with van der Waals surface area (Å²) in [6, 6.07) is 9.57. The molecule has 4 nitrogen and oxygen atoms in total. The average Bonchev–Trinajstić information content (AvgIpc) is 3.15. The fourth-order valence-electron chi connectivity index (χ4n) is 2.59. The number of aromatic nitrogens is 1. The maximum Gasteiger partial charge on any atom is 0.416 e. The Morgan fingerprint density at radius 2 is 1.52 bits per heavy atom. The minimum atomic E-state index is -4.97. The molecule has 3 aromatic rings. The third-order valence-electron chi connectivity index (χ3n) is 3.92. The summed E-state index contributed by atoms with van der Waals surface area (Å²) in [5.41, 5.74) is -2.87. The lowest BCUT2D eigenvalue weighted by Gasteiger charge is -2.14. The maximum atomic E-state index is 12.9. The Balaban J connectivity index is 1.84. The van der Waals surface area contributed by atoms with E-state index in [1.54, 1.807) is 30.3 Å². The van der Waals surface area contributed by atoms with Gasteiger partial charge in [0.15, 0.2) is 17.8 Å². The van der Waals surface area contributed by atoms with Gasteiger partial charge in [-0.25, -0.2) is 4.98 Å². The van der Waals surface area contributed by atoms with Crippen molar-refractivity contribution in [3.05, 3.63) is 77.3 Å². The van der Waals surface area contributed by atoms with E-state index in [-0.39, 0.29) is 23.1 Å². The van der Waals surface area contributed by atoms with E-state index in [1.807, 2.05) is 0 Å². The first kappa shape index (κ1) is 20.4. The molecule has 2 aromatic carbocycles. The number of hydrogen-bond donors (Lipinski definition) is 1. The maximum absolute atomic E-state index is 12.9. The van der Waals surface area contributed by atoms with Crippen LogP contribution < -0.4 is 5.32 Å². The molecule has 0 saturated carbocycles. The molecule has 1 N–H and O–H groups in total. The van der Waals surface area contributed by atoms with E-state index in [0.717, 1.165) is 6.39 Å². The average molecular weight is 414 g/mol. The molecule has 152 valence electrons. The minimum Gasteiger partial charge on any atom is -0.443 e. The van der Waals surface area contributed by atoms with E-state index in [0.29, 0.717) is 17.7 Å². The third-order valence-corrected chi connectivity index (χ3v) is 3.92. The molecule has 0 unspecified atom stereocenters. The molecule has 3 rings (SSSR count). The SMILES string of the molecule is O=C(NCc1cc(C(F)(F)F)cc(C(F)(F)F)c1)c1ncoc1-c1ccccc1. The number of nitrogens with zero attached hydrogens (tertiary/aromatic N) is 1. The first-order valence-corrected chi connectivity index (χ1v) is 8.11. The van der Waals surface area contributed by atoms with Gasteiger partial charge in [0.25, 0.3) is 5.91 Å². The smallest absolute Gasteiger partial charge is 0.416 e. The van der Waals surface area contributed by atoms with Crippen LogP contribution >= 0.6 is 0 Å². The molecule has 0 radical (unpaired) electrons. The van der Waals surface area contributed by atoms with Crippen molar-refractivity contribution in [1.82, 2.24) is 10.3 Å². The summed E-state index contributed by atoms with van der Waals surface area (Å²) in [5, 5.41) is 2.27. The van der Waals surface area contributed by atoms with E-state index in [4.69, 9.17) is 4.42 Å². The summed E-state index contributed by atoms with van der Waals surface area (Å²) in [5.74, 6) is -0.674. The Hall–Kier alpha value is -3.30. The van der Waals surface area contributed by atoms with Gasteiger partial charge in [0.2, 0.25) is 0 Å². The van der Waals surface area contributed by atoms with Gasteiger partial charge < -0.3 is 9.73 Å². The van der Waals surface area contributed by atoms with Crippen LogP contribution in [0.1, 0.15) is 27.2 Å². The van der Waals surface area contributed by atoms with Crippen LogP contribution in [0.3, 0.4) is 0 Å². The van der Waals surface area contributed by atoms with Gasteiger partial charge in [-0.3, -0.25) is 4.79 Å². The molecule has 0 atom stereocenters. The van der Waals surface area contributed by atoms with Crippen molar-refractivity contribution in [2.45, 2.75) is 18.9 Å². The number of carbonyl (C=O) groups is 1. The molecule has 0 aliphatic heterocycles. The van der Waals surface area contributed by atoms with E-state index in [9.17, 15) is 31.1 Å². The van der Waals surface area contributed by atoms with Crippen molar-refractivity contribution >= 4 is 5.91 Å². The number of alkyl halides is 6. The number of nitrogens with one attached hydrogen (secondary N) is 1. The van der Waals surface area contributed by atoms with Crippen LogP contribution in [0.4, 0.5) is 26.3 Å². The van der Waals surface area contributed by atoms with Crippen LogP contribution in [0.5, 0.6) is 0 Å². The normalized spacial score (nSPS) is 12.1. The lowest BCUT2D eigenvalue weighted by molar-refractivity contribution is -0.143. The second-order valence-corrected chi connectivity index (χ2v) is 5.99. The number of rotatable bonds is 4. The molecule has 1 aromatic heterocycles. The molecule has 0 bridgehead atoms. The summed E-state index contributed by atoms with van der Waals surface area (Å²) >= 11 is 0. The third kappa shape index (κ3) is 4.76. The predicted octanol–water partition coefficient (Wildman–Crippen LogP) is 5.31. The van der Waals surface area contributed by atoms with E-state index in [1.165, 1.54) is 0 Å². The van der Waals surface area contributed by atoms with Crippen LogP contribution in [0.2, 0.25) is 0 Å². The molecule has 0 spiro atoms. The van der Waals surface area contributed by atoms with Crippen molar-refractivity contribution in [1.29, 1.82) is 0 Å². The van der Waals surface area contributed by atoms with E-state index < -0.39 is 35.9 Å². The number of benzene rings is 2. The topological polar surface area (TPSA) is 55.1 Å². The Bertz CT molecular complexity index is 977. The van der Waals surface area contributed by atoms with Crippen LogP contribution in [0.25, 0.3) is 11.3 Å². The zero-order valence-corrected chi connectivity index (χ0v) is 14.4. The number of carbonyl (C=O) groups excluding carboxylic acids is 1. The predicted molar refractivity (Wildman–Crippen MR) is 89.6 cm³/mol. The molecule has 0 aliphatic carbocycles. The Labute approximate surface area is 160 Å². The van der Waals surface area contributed by atoms with Gasteiger partial charge in [-0.2, -0.15) is 26.3 Å². The first-order chi connectivity index (χ1) is 13.6. The molecular weight excluding hydrogens is 402 g/mol. The summed E-state index contributed by atoms with van der Waals surface area (Å²) in [7, 11) is 0. The van der Waals surface area contributed by atoms with Crippen LogP contribution in [0.15, 0.2) is 59.3 Å². The molecule has 0 saturated heterocycles. The van der Waals surface area contributed by atoms with Crippen LogP contribution in [-0.2, 0) is 18.9 Å². The molecule has 0 aliphatic rings. The van der Waals surface area contributed by atoms with Crippen molar-refractivity contribution in [2.24, 2.45) is 0 Å². The first-order valence-electron chi connectivity index (χ1n) is 8.11. The van der Waals surface area contributed by atoms with Gasteiger partial charge in [0.05, 0.1) is 11.1 Å². The molecular formula is C19H12F6N2O2. The molecule has 1 amide bonds. The number of hydrogen-bond acceptors (Lipinski definition) is 3. The van der Waals surface area contributed by atoms with Gasteiger partial charge >= 0.3 is 12.4 Å². The highest BCUT2D eigenvalue weighted by molar-refractivity contribution is 5.97. The lowest BCUT2D eigenvalue weighted by Crippen LogP contribution is -2.24. The summed E-state index contributed by atoms with van der Waals surface area (Å²) in [4.78, 5) is 16.1. The highest BCUT2D eigenvalue weighted by Gasteiger charge is 2.36. The number of halogens is 6. The van der Waals surface area contributed by atoms with Crippen LogP contribution in [-0.4, -0.2) is 10.9 Å². The Kier molecular flexibility index (Phi) is 5.36. The minimum absolute atomic E-state index is 0.0243. The van der Waals surface area contributed by atoms with Crippen molar-refractivity contribution in [3.8, 4) is 11.3 Å². The number of oxazole rings is 1. The van der Waals surface area contributed by atoms with Crippen LogP contribution in [0, 0.1) is 0 Å². The second kappa shape index (κ2) is 7.61. The second-order valence-electron chi connectivity index (χ2n) is 5.99. The number of amides is 1. The van der Waals surface area contributed by atoms with E-state index >= 15 is 0 Å². The monoisotopic (exact) mass is 414 g/mol. The highest BCUT2D eigenvalue weighted by Crippen LogP contribution is 2.36. The highest BCUT2D eigenvalue weighted by atomic mass is 19.4. The fraction of sp³-hybridized carbons (Fsp3) is 0.158. The van der Waals surface area contributed by atoms with Gasteiger partial charge in [-0.05, 0) is 23.8 Å². The fourth-order valence-corrected chi connectivity index (χ4v) is 2.59. The lowest BCUT2D eigenvalue weighted by atomic mass is 10.0. The zero-order chi connectivity index (χ0) is 21.2. The van der Waals surface area contributed by atoms with Crippen molar-refractivity contribution in [2.75, 3.05) is 0 Å². The largest absolute Gasteiger partial charge is 0.443 e. The Morgan fingerprint density at radius 1 is 0.931 bits per heavy atom. The Morgan fingerprint density at radius 3 is 2.07 bits per heavy atom. The molecule has 10 heteroatoms. The quantitative estimate of drug-likeness (QED) is 0.589. The zero-order valence-electron chi connectivity index (χ0n) is 14.4. The van der Waals surface area contributed by atoms with Crippen molar-refractivity contribution < 1.29 is 35.6 Å². The van der Waals surface area contributed by atoms with Crippen molar-refractivity contribution in [3.63, 3.8) is 0 Å². The molecule has 0 fully saturated rings. The molecule has 1 heterocycles. The summed E-state index contributed by atoms with van der Waals surface area (Å²) in [6.07, 6.45) is -8.91. The summed E-state index contributed by atoms with van der Waals surface area (Å²) < 4.78 is 82.7. The van der Waals surface area contributed by atoms with E-state index in [2.05, 4.69) is 10.3 Å². The van der Waals surface area contributed by atoms with Gasteiger partial charge in [0, 0.05) is 12.1 Å². The van der Waals surface area contributed by atoms with Gasteiger partial charge in [0.1, 0.15) is 0 Å². The summed E-state index contributed by atoms with van der Waals surface area (Å²) in [6.45, 7) is -0.563. The standard InChI is InChI=1S/C19H12F6N2O2/c20-18(21,22)13-6-11(7-14(8-13)19(23,24)25)9-26-17(28)15-16(29-10-27-15)12-4-2-1-3-5-12/h1-8,10H,9H2,(H,26,28).